The number of aldehydes is 1. The number of benzene rings is 2. The van der Waals surface area contributed by atoms with Gasteiger partial charge in [-0.2, -0.15) is 0 Å². The number of rotatable bonds is 4. The molecule has 0 radical (unpaired) electrons. The Hall–Kier alpha value is -2.35. The third-order valence-corrected chi connectivity index (χ3v) is 4.30. The highest BCUT2D eigenvalue weighted by molar-refractivity contribution is 6.04. The molecule has 2 nitrogen and oxygen atoms in total. The summed E-state index contributed by atoms with van der Waals surface area (Å²) in [6.45, 7) is 6.47. The van der Waals surface area contributed by atoms with Crippen LogP contribution in [0.4, 0.5) is 0 Å². The molecule has 0 atom stereocenters. The second kappa shape index (κ2) is 5.80. The van der Waals surface area contributed by atoms with Crippen molar-refractivity contribution >= 4 is 17.2 Å². The Morgan fingerprint density at radius 1 is 1.09 bits per heavy atom. The van der Waals surface area contributed by atoms with Gasteiger partial charge in [-0.1, -0.05) is 51.1 Å². The second-order valence-electron chi connectivity index (χ2n) is 6.04. The molecular weight excluding hydrogens is 270 g/mol. The lowest BCUT2D eigenvalue weighted by atomic mass is 9.99. The first kappa shape index (κ1) is 14.6. The summed E-state index contributed by atoms with van der Waals surface area (Å²) >= 11 is 0. The largest absolute Gasteiger partial charge is 0.354 e. The van der Waals surface area contributed by atoms with Gasteiger partial charge in [0.2, 0.25) is 0 Å². The van der Waals surface area contributed by atoms with Crippen LogP contribution in [-0.2, 0) is 6.42 Å². The SMILES string of the molecule is CCc1ccc(-c2[nH]c3ccc(C(C)C)cc3c2C=O)cc1. The molecule has 22 heavy (non-hydrogen) atoms. The van der Waals surface area contributed by atoms with Crippen LogP contribution in [0.25, 0.3) is 22.2 Å². The van der Waals surface area contributed by atoms with Crippen LogP contribution in [0.5, 0.6) is 0 Å². The molecule has 1 N–H and O–H groups in total. The molecule has 0 fully saturated rings. The molecule has 0 aliphatic heterocycles. The van der Waals surface area contributed by atoms with Crippen LogP contribution in [-0.4, -0.2) is 11.3 Å². The van der Waals surface area contributed by atoms with Crippen molar-refractivity contribution in [3.8, 4) is 11.3 Å². The third-order valence-electron chi connectivity index (χ3n) is 4.30. The molecule has 0 bridgehead atoms. The molecule has 0 spiro atoms. The molecule has 0 saturated carbocycles. The third kappa shape index (κ3) is 2.45. The number of aryl methyl sites for hydroxylation is 1. The van der Waals surface area contributed by atoms with Gasteiger partial charge < -0.3 is 4.98 Å². The van der Waals surface area contributed by atoms with Gasteiger partial charge in [-0.25, -0.2) is 0 Å². The summed E-state index contributed by atoms with van der Waals surface area (Å²) in [4.78, 5) is 15.1. The summed E-state index contributed by atoms with van der Waals surface area (Å²) in [6, 6.07) is 14.7. The average molecular weight is 291 g/mol. The predicted octanol–water partition coefficient (Wildman–Crippen LogP) is 5.33. The highest BCUT2D eigenvalue weighted by Crippen LogP contribution is 2.31. The van der Waals surface area contributed by atoms with Crippen LogP contribution in [0, 0.1) is 0 Å². The lowest BCUT2D eigenvalue weighted by Crippen LogP contribution is -1.88. The predicted molar refractivity (Wildman–Crippen MR) is 92.6 cm³/mol. The monoisotopic (exact) mass is 291 g/mol. The zero-order chi connectivity index (χ0) is 15.7. The smallest absolute Gasteiger partial charge is 0.152 e. The Balaban J connectivity index is 2.18. The van der Waals surface area contributed by atoms with Crippen LogP contribution >= 0.6 is 0 Å². The Bertz CT molecular complexity index is 810. The van der Waals surface area contributed by atoms with Crippen molar-refractivity contribution in [3.05, 3.63) is 59.2 Å². The minimum absolute atomic E-state index is 0.450. The van der Waals surface area contributed by atoms with E-state index in [2.05, 4.69) is 68.2 Å². The number of fused-ring (bicyclic) bond motifs is 1. The quantitative estimate of drug-likeness (QED) is 0.647. The summed E-state index contributed by atoms with van der Waals surface area (Å²) in [6.07, 6.45) is 1.98. The lowest BCUT2D eigenvalue weighted by molar-refractivity contribution is 0.112. The lowest BCUT2D eigenvalue weighted by Gasteiger charge is -2.04. The Labute approximate surface area is 131 Å². The Morgan fingerprint density at radius 3 is 2.41 bits per heavy atom. The van der Waals surface area contributed by atoms with E-state index in [1.54, 1.807) is 0 Å². The van der Waals surface area contributed by atoms with Crippen LogP contribution in [0.3, 0.4) is 0 Å². The Morgan fingerprint density at radius 2 is 1.82 bits per heavy atom. The first-order chi connectivity index (χ1) is 10.6. The maximum atomic E-state index is 11.7. The van der Waals surface area contributed by atoms with E-state index in [-0.39, 0.29) is 0 Å². The van der Waals surface area contributed by atoms with Gasteiger partial charge in [0.1, 0.15) is 0 Å². The van der Waals surface area contributed by atoms with Crippen LogP contribution in [0.1, 0.15) is 48.2 Å². The standard InChI is InChI=1S/C20H21NO/c1-4-14-5-7-15(8-6-14)20-18(12-22)17-11-16(13(2)3)9-10-19(17)21-20/h5-13,21H,4H2,1-3H3. The first-order valence-electron chi connectivity index (χ1n) is 7.84. The van der Waals surface area contributed by atoms with E-state index >= 15 is 0 Å². The van der Waals surface area contributed by atoms with Crippen molar-refractivity contribution in [1.82, 2.24) is 4.98 Å². The van der Waals surface area contributed by atoms with Gasteiger partial charge in [0.25, 0.3) is 0 Å². The number of nitrogens with one attached hydrogen (secondary N) is 1. The topological polar surface area (TPSA) is 32.9 Å². The fraction of sp³-hybridized carbons (Fsp3) is 0.250. The molecule has 0 aliphatic rings. The van der Waals surface area contributed by atoms with Crippen molar-refractivity contribution in [2.45, 2.75) is 33.1 Å². The van der Waals surface area contributed by atoms with Gasteiger partial charge in [-0.05, 0) is 41.2 Å². The van der Waals surface area contributed by atoms with E-state index in [4.69, 9.17) is 0 Å². The van der Waals surface area contributed by atoms with E-state index < -0.39 is 0 Å². The number of carbonyl (C=O) groups excluding carboxylic acids is 1. The highest BCUT2D eigenvalue weighted by atomic mass is 16.1. The number of aromatic amines is 1. The van der Waals surface area contributed by atoms with E-state index in [1.807, 2.05) is 0 Å². The van der Waals surface area contributed by atoms with Crippen molar-refractivity contribution in [2.24, 2.45) is 0 Å². The van der Waals surface area contributed by atoms with Gasteiger partial charge in [0, 0.05) is 16.5 Å². The summed E-state index contributed by atoms with van der Waals surface area (Å²) in [7, 11) is 0. The van der Waals surface area contributed by atoms with Crippen LogP contribution in [0.15, 0.2) is 42.5 Å². The summed E-state index contributed by atoms with van der Waals surface area (Å²) in [5.41, 5.74) is 6.29. The molecule has 0 saturated heterocycles. The van der Waals surface area contributed by atoms with E-state index in [0.29, 0.717) is 5.92 Å². The number of carbonyl (C=O) groups is 1. The highest BCUT2D eigenvalue weighted by Gasteiger charge is 2.13. The maximum Gasteiger partial charge on any atom is 0.152 e. The van der Waals surface area contributed by atoms with Crippen molar-refractivity contribution in [1.29, 1.82) is 0 Å². The van der Waals surface area contributed by atoms with Crippen molar-refractivity contribution < 1.29 is 4.79 Å². The van der Waals surface area contributed by atoms with E-state index in [1.165, 1.54) is 11.1 Å². The molecule has 2 aromatic carbocycles. The minimum Gasteiger partial charge on any atom is -0.354 e. The fourth-order valence-electron chi connectivity index (χ4n) is 2.85. The number of hydrogen-bond acceptors (Lipinski definition) is 1. The molecule has 1 aromatic heterocycles. The molecule has 0 aliphatic carbocycles. The fourth-order valence-corrected chi connectivity index (χ4v) is 2.85. The molecule has 0 unspecified atom stereocenters. The average Bonchev–Trinajstić information content (AvgIpc) is 2.92. The van der Waals surface area contributed by atoms with E-state index in [0.717, 1.165) is 40.4 Å². The summed E-state index contributed by atoms with van der Waals surface area (Å²) in [5.74, 6) is 0.450. The number of H-pyrrole nitrogens is 1. The molecule has 0 amide bonds. The molecule has 2 heteroatoms. The van der Waals surface area contributed by atoms with Crippen molar-refractivity contribution in [3.63, 3.8) is 0 Å². The van der Waals surface area contributed by atoms with Gasteiger partial charge in [0.15, 0.2) is 6.29 Å². The van der Waals surface area contributed by atoms with Crippen molar-refractivity contribution in [2.75, 3.05) is 0 Å². The normalized spacial score (nSPS) is 11.3. The molecule has 3 aromatic rings. The number of hydrogen-bond donors (Lipinski definition) is 1. The van der Waals surface area contributed by atoms with Crippen LogP contribution in [0.2, 0.25) is 0 Å². The number of aromatic nitrogens is 1. The summed E-state index contributed by atoms with van der Waals surface area (Å²) in [5, 5.41) is 1.01. The summed E-state index contributed by atoms with van der Waals surface area (Å²) < 4.78 is 0. The van der Waals surface area contributed by atoms with Gasteiger partial charge in [-0.3, -0.25) is 4.79 Å². The van der Waals surface area contributed by atoms with Gasteiger partial charge in [-0.15, -0.1) is 0 Å². The van der Waals surface area contributed by atoms with Gasteiger partial charge in [0.05, 0.1) is 5.69 Å². The van der Waals surface area contributed by atoms with E-state index in [9.17, 15) is 4.79 Å². The zero-order valence-electron chi connectivity index (χ0n) is 13.3. The van der Waals surface area contributed by atoms with Crippen LogP contribution < -0.4 is 0 Å². The Kier molecular flexibility index (Phi) is 3.84. The van der Waals surface area contributed by atoms with Gasteiger partial charge >= 0.3 is 0 Å². The first-order valence-corrected chi connectivity index (χ1v) is 7.84. The second-order valence-corrected chi connectivity index (χ2v) is 6.04. The minimum atomic E-state index is 0.450. The molecular formula is C20H21NO. The molecule has 112 valence electrons. The molecule has 1 heterocycles. The molecule has 3 rings (SSSR count). The maximum absolute atomic E-state index is 11.7. The zero-order valence-corrected chi connectivity index (χ0v) is 13.3.